The lowest BCUT2D eigenvalue weighted by Crippen LogP contribution is -2.40. The summed E-state index contributed by atoms with van der Waals surface area (Å²) < 4.78 is 17.7. The van der Waals surface area contributed by atoms with E-state index in [-0.39, 0.29) is 28.0 Å². The fourth-order valence-corrected chi connectivity index (χ4v) is 5.08. The summed E-state index contributed by atoms with van der Waals surface area (Å²) >= 11 is 1.09. The van der Waals surface area contributed by atoms with Crippen molar-refractivity contribution in [1.82, 2.24) is 4.57 Å². The Morgan fingerprint density at radius 1 is 1.19 bits per heavy atom. The molecule has 0 amide bonds. The van der Waals surface area contributed by atoms with E-state index in [1.807, 2.05) is 0 Å². The largest absolute Gasteiger partial charge is 0.493 e. The zero-order chi connectivity index (χ0) is 26.0. The molecule has 4 rings (SSSR count). The van der Waals surface area contributed by atoms with Crippen molar-refractivity contribution in [2.45, 2.75) is 19.9 Å². The first kappa shape index (κ1) is 24.9. The van der Waals surface area contributed by atoms with Gasteiger partial charge in [0.15, 0.2) is 16.3 Å². The number of allylic oxidation sites excluding steroid dienone is 1. The molecule has 10 nitrogen and oxygen atoms in total. The average Bonchev–Trinajstić information content (AvgIpc) is 3.17. The number of nitro groups is 1. The molecule has 1 aromatic heterocycles. The predicted octanol–water partition coefficient (Wildman–Crippen LogP) is 2.72. The number of nitrogens with zero attached hydrogens (tertiary/aromatic N) is 3. The number of carbonyl (C=O) groups is 1. The number of nitro benzene ring substituents is 1. The van der Waals surface area contributed by atoms with Crippen LogP contribution in [0.5, 0.6) is 11.5 Å². The van der Waals surface area contributed by atoms with E-state index in [1.54, 1.807) is 50.2 Å². The maximum atomic E-state index is 13.7. The monoisotopic (exact) mass is 509 g/mol. The number of fused-ring (bicyclic) bond motifs is 1. The van der Waals surface area contributed by atoms with Gasteiger partial charge in [-0.25, -0.2) is 9.79 Å². The van der Waals surface area contributed by atoms with E-state index in [4.69, 9.17) is 14.2 Å². The predicted molar refractivity (Wildman–Crippen MR) is 133 cm³/mol. The second-order valence-electron chi connectivity index (χ2n) is 7.73. The minimum Gasteiger partial charge on any atom is -0.493 e. The summed E-state index contributed by atoms with van der Waals surface area (Å²) in [6, 6.07) is 10.4. The molecule has 0 spiro atoms. The van der Waals surface area contributed by atoms with E-state index in [0.717, 1.165) is 11.3 Å². The van der Waals surface area contributed by atoms with Gasteiger partial charge >= 0.3 is 5.97 Å². The summed E-state index contributed by atoms with van der Waals surface area (Å²) in [7, 11) is 3.00. The number of hydrogen-bond acceptors (Lipinski definition) is 9. The molecule has 1 aliphatic rings. The van der Waals surface area contributed by atoms with Crippen LogP contribution in [0.3, 0.4) is 0 Å². The van der Waals surface area contributed by atoms with Crippen LogP contribution in [0, 0.1) is 10.1 Å². The molecule has 36 heavy (non-hydrogen) atoms. The Hall–Kier alpha value is -4.25. The van der Waals surface area contributed by atoms with Gasteiger partial charge in [-0.1, -0.05) is 29.5 Å². The summed E-state index contributed by atoms with van der Waals surface area (Å²) in [5.41, 5.74) is 0.940. The molecule has 0 bridgehead atoms. The SMILES string of the molecule is CCOC(=O)C1=C(C)N=c2s/c(=C/c3ccccc3[N+](=O)[O-])c(=O)n2C1c1ccc(OC)c(OC)c1. The summed E-state index contributed by atoms with van der Waals surface area (Å²) in [6.45, 7) is 3.52. The Kier molecular flexibility index (Phi) is 7.02. The van der Waals surface area contributed by atoms with Crippen LogP contribution in [0.1, 0.15) is 31.0 Å². The molecule has 0 radical (unpaired) electrons. The molecule has 2 aromatic carbocycles. The minimum absolute atomic E-state index is 0.122. The van der Waals surface area contributed by atoms with Gasteiger partial charge < -0.3 is 14.2 Å². The smallest absolute Gasteiger partial charge is 0.338 e. The third-order valence-corrected chi connectivity index (χ3v) is 6.64. The number of para-hydroxylation sites is 1. The van der Waals surface area contributed by atoms with Crippen LogP contribution in [0.25, 0.3) is 6.08 Å². The number of hydrogen-bond donors (Lipinski definition) is 0. The molecule has 1 aliphatic heterocycles. The summed E-state index contributed by atoms with van der Waals surface area (Å²) in [5.74, 6) is 0.324. The van der Waals surface area contributed by atoms with Gasteiger partial charge in [-0.05, 0) is 43.7 Å². The number of benzene rings is 2. The number of carbonyl (C=O) groups excluding carboxylic acids is 1. The highest BCUT2D eigenvalue weighted by Crippen LogP contribution is 2.36. The molecule has 1 unspecified atom stereocenters. The van der Waals surface area contributed by atoms with Crippen LogP contribution in [0.4, 0.5) is 5.69 Å². The summed E-state index contributed by atoms with van der Waals surface area (Å²) in [4.78, 5) is 42.5. The molecule has 11 heteroatoms. The van der Waals surface area contributed by atoms with Gasteiger partial charge in [0.2, 0.25) is 0 Å². The molecule has 1 atom stereocenters. The maximum Gasteiger partial charge on any atom is 0.338 e. The number of ether oxygens (including phenoxy) is 3. The maximum absolute atomic E-state index is 13.7. The van der Waals surface area contributed by atoms with Crippen molar-refractivity contribution in [1.29, 1.82) is 0 Å². The average molecular weight is 510 g/mol. The first-order valence-corrected chi connectivity index (χ1v) is 11.8. The number of aromatic nitrogens is 1. The van der Waals surface area contributed by atoms with Crippen molar-refractivity contribution in [3.8, 4) is 11.5 Å². The van der Waals surface area contributed by atoms with Crippen molar-refractivity contribution in [3.05, 3.63) is 94.7 Å². The van der Waals surface area contributed by atoms with Gasteiger partial charge in [-0.2, -0.15) is 0 Å². The van der Waals surface area contributed by atoms with Crippen molar-refractivity contribution < 1.29 is 23.9 Å². The highest BCUT2D eigenvalue weighted by molar-refractivity contribution is 7.07. The second-order valence-corrected chi connectivity index (χ2v) is 8.74. The molecule has 3 aromatic rings. The molecular formula is C25H23N3O7S. The summed E-state index contributed by atoms with van der Waals surface area (Å²) in [5, 5.41) is 11.5. The normalized spacial score (nSPS) is 15.2. The van der Waals surface area contributed by atoms with Gasteiger partial charge in [0.05, 0.1) is 53.2 Å². The van der Waals surface area contributed by atoms with E-state index < -0.39 is 22.5 Å². The van der Waals surface area contributed by atoms with Crippen LogP contribution in [0.15, 0.2) is 63.5 Å². The molecule has 0 N–H and O–H groups in total. The first-order chi connectivity index (χ1) is 17.3. The Morgan fingerprint density at radius 3 is 2.58 bits per heavy atom. The van der Waals surface area contributed by atoms with Gasteiger partial charge in [0, 0.05) is 6.07 Å². The van der Waals surface area contributed by atoms with Crippen molar-refractivity contribution in [3.63, 3.8) is 0 Å². The van der Waals surface area contributed by atoms with Gasteiger partial charge in [0.1, 0.15) is 0 Å². The fraction of sp³-hybridized carbons (Fsp3) is 0.240. The van der Waals surface area contributed by atoms with Crippen molar-refractivity contribution in [2.24, 2.45) is 4.99 Å². The lowest BCUT2D eigenvalue weighted by atomic mass is 9.95. The van der Waals surface area contributed by atoms with E-state index in [2.05, 4.69) is 4.99 Å². The third kappa shape index (κ3) is 4.40. The standard InChI is InChI=1S/C25H23N3O7S/c1-5-35-24(30)21-14(2)26-25-27(22(21)16-10-11-18(33-3)19(12-16)34-4)23(29)20(36-25)13-15-8-6-7-9-17(15)28(31)32/h6-13,22H,5H2,1-4H3/b20-13+. The Labute approximate surface area is 209 Å². The van der Waals surface area contributed by atoms with Crippen molar-refractivity contribution >= 4 is 29.1 Å². The lowest BCUT2D eigenvalue weighted by molar-refractivity contribution is -0.385. The Balaban J connectivity index is 1.99. The van der Waals surface area contributed by atoms with Crippen LogP contribution >= 0.6 is 11.3 Å². The molecule has 2 heterocycles. The van der Waals surface area contributed by atoms with Crippen LogP contribution in [-0.2, 0) is 9.53 Å². The quantitative estimate of drug-likeness (QED) is 0.273. The first-order valence-electron chi connectivity index (χ1n) is 11.0. The zero-order valence-corrected chi connectivity index (χ0v) is 20.8. The highest BCUT2D eigenvalue weighted by atomic mass is 32.1. The molecule has 0 fully saturated rings. The van der Waals surface area contributed by atoms with Gasteiger partial charge in [-0.15, -0.1) is 0 Å². The van der Waals surface area contributed by atoms with Gasteiger partial charge in [-0.3, -0.25) is 19.5 Å². The number of methoxy groups -OCH3 is 2. The minimum atomic E-state index is -0.854. The topological polar surface area (TPSA) is 122 Å². The van der Waals surface area contributed by atoms with Crippen LogP contribution in [0.2, 0.25) is 0 Å². The second kappa shape index (κ2) is 10.2. The molecule has 0 saturated carbocycles. The molecule has 0 aliphatic carbocycles. The summed E-state index contributed by atoms with van der Waals surface area (Å²) in [6.07, 6.45) is 1.47. The van der Waals surface area contributed by atoms with Crippen LogP contribution < -0.4 is 24.4 Å². The highest BCUT2D eigenvalue weighted by Gasteiger charge is 2.34. The molecule has 0 saturated heterocycles. The van der Waals surface area contributed by atoms with Crippen molar-refractivity contribution in [2.75, 3.05) is 20.8 Å². The van der Waals surface area contributed by atoms with Gasteiger partial charge in [0.25, 0.3) is 11.2 Å². The van der Waals surface area contributed by atoms with E-state index >= 15 is 0 Å². The molecule has 186 valence electrons. The number of thiazole rings is 1. The Morgan fingerprint density at radius 2 is 1.92 bits per heavy atom. The fourth-order valence-electron chi connectivity index (χ4n) is 4.05. The zero-order valence-electron chi connectivity index (χ0n) is 20.0. The van der Waals surface area contributed by atoms with E-state index in [9.17, 15) is 19.7 Å². The van der Waals surface area contributed by atoms with Crippen LogP contribution in [-0.4, -0.2) is 36.3 Å². The number of rotatable bonds is 7. The third-order valence-electron chi connectivity index (χ3n) is 5.66. The van der Waals surface area contributed by atoms with E-state index in [0.29, 0.717) is 27.6 Å². The molecular weight excluding hydrogens is 486 g/mol. The Bertz CT molecular complexity index is 1570. The lowest BCUT2D eigenvalue weighted by Gasteiger charge is -2.25. The van der Waals surface area contributed by atoms with E-state index in [1.165, 1.54) is 30.9 Å². The number of esters is 1.